The van der Waals surface area contributed by atoms with Gasteiger partial charge in [-0.3, -0.25) is 0 Å². The van der Waals surface area contributed by atoms with Crippen molar-refractivity contribution in [3.8, 4) is 0 Å². The van der Waals surface area contributed by atoms with E-state index in [2.05, 4.69) is 66.8 Å². The van der Waals surface area contributed by atoms with E-state index in [1.807, 2.05) is 43.5 Å². The van der Waals surface area contributed by atoms with Crippen molar-refractivity contribution in [1.29, 1.82) is 0 Å². The van der Waals surface area contributed by atoms with E-state index in [-0.39, 0.29) is 0 Å². The van der Waals surface area contributed by atoms with Gasteiger partial charge >= 0.3 is 0 Å². The first kappa shape index (κ1) is 19.2. The van der Waals surface area contributed by atoms with Gasteiger partial charge in [-0.1, -0.05) is 48.6 Å². The SMILES string of the molecule is C=C=C(Nc1cc2cc(/C(C)=C/C=C(\C)N)ccc2cn1)c1cccc(C)c1. The molecule has 0 radical (unpaired) electrons. The third kappa shape index (κ3) is 4.59. The van der Waals surface area contributed by atoms with Crippen molar-refractivity contribution >= 4 is 27.9 Å². The molecule has 3 N–H and O–H groups in total. The minimum absolute atomic E-state index is 0.761. The lowest BCUT2D eigenvalue weighted by Crippen LogP contribution is -2.00. The van der Waals surface area contributed by atoms with Crippen molar-refractivity contribution < 1.29 is 0 Å². The van der Waals surface area contributed by atoms with E-state index >= 15 is 0 Å². The maximum absolute atomic E-state index is 5.73. The number of hydrogen-bond acceptors (Lipinski definition) is 3. The van der Waals surface area contributed by atoms with Gasteiger partial charge in [-0.05, 0) is 61.6 Å². The first-order valence-corrected chi connectivity index (χ1v) is 9.21. The van der Waals surface area contributed by atoms with Crippen molar-refractivity contribution in [1.82, 2.24) is 4.98 Å². The molecule has 3 aromatic rings. The Hall–Kier alpha value is -3.55. The standard InChI is InChI=1S/C25H25N3/c1-5-24(21-8-6-7-17(2)13-21)28-25-15-23-14-20(11-12-22(23)16-27-25)18(3)9-10-19(4)26/h6-16H,1,26H2,2-4H3,(H,27,28)/b18-9+,19-10+. The Labute approximate surface area is 166 Å². The van der Waals surface area contributed by atoms with Crippen LogP contribution in [0, 0.1) is 6.92 Å². The molecule has 0 unspecified atom stereocenters. The van der Waals surface area contributed by atoms with Crippen LogP contribution in [0.15, 0.2) is 84.9 Å². The van der Waals surface area contributed by atoms with Crippen LogP contribution in [0.2, 0.25) is 0 Å². The molecule has 0 saturated carbocycles. The lowest BCUT2D eigenvalue weighted by molar-refractivity contribution is 1.32. The number of anilines is 1. The maximum Gasteiger partial charge on any atom is 0.131 e. The number of benzene rings is 2. The van der Waals surface area contributed by atoms with Crippen molar-refractivity contribution in [3.05, 3.63) is 102 Å². The molecule has 0 fully saturated rings. The fourth-order valence-corrected chi connectivity index (χ4v) is 2.95. The summed E-state index contributed by atoms with van der Waals surface area (Å²) in [4.78, 5) is 4.54. The van der Waals surface area contributed by atoms with Crippen molar-refractivity contribution in [3.63, 3.8) is 0 Å². The highest BCUT2D eigenvalue weighted by Gasteiger charge is 2.05. The summed E-state index contributed by atoms with van der Waals surface area (Å²) < 4.78 is 0. The van der Waals surface area contributed by atoms with Crippen LogP contribution >= 0.6 is 0 Å². The van der Waals surface area contributed by atoms with Crippen LogP contribution in [0.25, 0.3) is 22.0 Å². The van der Waals surface area contributed by atoms with Gasteiger partial charge in [0.15, 0.2) is 0 Å². The third-order valence-corrected chi connectivity index (χ3v) is 4.51. The van der Waals surface area contributed by atoms with Gasteiger partial charge in [0.05, 0.1) is 5.70 Å². The predicted octanol–water partition coefficient (Wildman–Crippen LogP) is 6.05. The van der Waals surface area contributed by atoms with E-state index in [1.165, 1.54) is 5.56 Å². The molecule has 0 aliphatic rings. The molecule has 1 heterocycles. The number of aromatic nitrogens is 1. The van der Waals surface area contributed by atoms with Crippen molar-refractivity contribution in [2.75, 3.05) is 5.32 Å². The van der Waals surface area contributed by atoms with Gasteiger partial charge < -0.3 is 11.1 Å². The Morgan fingerprint density at radius 2 is 1.86 bits per heavy atom. The number of nitrogens with zero attached hydrogens (tertiary/aromatic N) is 1. The number of aryl methyl sites for hydroxylation is 1. The quantitative estimate of drug-likeness (QED) is 0.426. The second-order valence-electron chi connectivity index (χ2n) is 6.94. The number of hydrogen-bond donors (Lipinski definition) is 2. The Kier molecular flexibility index (Phi) is 5.78. The molecule has 3 heteroatoms. The largest absolute Gasteiger partial charge is 0.402 e. The van der Waals surface area contributed by atoms with E-state index in [9.17, 15) is 0 Å². The predicted molar refractivity (Wildman–Crippen MR) is 121 cm³/mol. The van der Waals surface area contributed by atoms with Gasteiger partial charge in [0.2, 0.25) is 0 Å². The lowest BCUT2D eigenvalue weighted by atomic mass is 10.0. The highest BCUT2D eigenvalue weighted by atomic mass is 15.0. The average Bonchev–Trinajstić information content (AvgIpc) is 2.69. The maximum atomic E-state index is 5.73. The van der Waals surface area contributed by atoms with Gasteiger partial charge in [0.25, 0.3) is 0 Å². The van der Waals surface area contributed by atoms with E-state index in [4.69, 9.17) is 5.73 Å². The van der Waals surface area contributed by atoms with Gasteiger partial charge in [-0.15, -0.1) is 5.73 Å². The van der Waals surface area contributed by atoms with Crippen LogP contribution < -0.4 is 11.1 Å². The molecular weight excluding hydrogens is 342 g/mol. The summed E-state index contributed by atoms with van der Waals surface area (Å²) in [5.74, 6) is 0.761. The molecule has 0 atom stereocenters. The third-order valence-electron chi connectivity index (χ3n) is 4.51. The van der Waals surface area contributed by atoms with E-state index in [1.54, 1.807) is 0 Å². The second-order valence-corrected chi connectivity index (χ2v) is 6.94. The second kappa shape index (κ2) is 8.43. The minimum Gasteiger partial charge on any atom is -0.402 e. The monoisotopic (exact) mass is 367 g/mol. The Morgan fingerprint density at radius 1 is 1.04 bits per heavy atom. The molecule has 0 amide bonds. The first-order chi connectivity index (χ1) is 13.5. The highest BCUT2D eigenvalue weighted by Crippen LogP contribution is 2.24. The number of fused-ring (bicyclic) bond motifs is 1. The van der Waals surface area contributed by atoms with E-state index in [0.29, 0.717) is 0 Å². The Bertz CT molecular complexity index is 1130. The number of nitrogens with one attached hydrogen (secondary N) is 1. The van der Waals surface area contributed by atoms with Crippen LogP contribution in [0.4, 0.5) is 5.82 Å². The molecule has 1 aromatic heterocycles. The number of nitrogens with two attached hydrogens (primary N) is 1. The molecular formula is C25H25N3. The summed E-state index contributed by atoms with van der Waals surface area (Å²) in [6, 6.07) is 16.6. The van der Waals surface area contributed by atoms with Gasteiger partial charge in [-0.25, -0.2) is 4.98 Å². The number of allylic oxidation sites excluding steroid dienone is 4. The zero-order valence-corrected chi connectivity index (χ0v) is 16.6. The lowest BCUT2D eigenvalue weighted by Gasteiger charge is -2.11. The molecule has 0 saturated heterocycles. The fraction of sp³-hybridized carbons (Fsp3) is 0.120. The molecule has 28 heavy (non-hydrogen) atoms. The zero-order chi connectivity index (χ0) is 20.1. The molecule has 3 rings (SSSR count). The van der Waals surface area contributed by atoms with E-state index < -0.39 is 0 Å². The zero-order valence-electron chi connectivity index (χ0n) is 16.6. The first-order valence-electron chi connectivity index (χ1n) is 9.21. The summed E-state index contributed by atoms with van der Waals surface area (Å²) >= 11 is 0. The fourth-order valence-electron chi connectivity index (χ4n) is 2.95. The van der Waals surface area contributed by atoms with Crippen LogP contribution in [0.1, 0.15) is 30.5 Å². The Balaban J connectivity index is 1.93. The number of pyridine rings is 1. The molecule has 3 nitrogen and oxygen atoms in total. The highest BCUT2D eigenvalue weighted by molar-refractivity contribution is 5.89. The topological polar surface area (TPSA) is 50.9 Å². The normalized spacial score (nSPS) is 12.0. The van der Waals surface area contributed by atoms with Crippen LogP contribution in [0.3, 0.4) is 0 Å². The summed E-state index contributed by atoms with van der Waals surface area (Å²) in [7, 11) is 0. The van der Waals surface area contributed by atoms with Crippen molar-refractivity contribution in [2.24, 2.45) is 5.73 Å². The molecule has 2 aromatic carbocycles. The molecule has 140 valence electrons. The Morgan fingerprint density at radius 3 is 2.57 bits per heavy atom. The molecule has 0 aliphatic heterocycles. The minimum atomic E-state index is 0.761. The van der Waals surface area contributed by atoms with Crippen molar-refractivity contribution in [2.45, 2.75) is 20.8 Å². The van der Waals surface area contributed by atoms with Gasteiger partial charge in [0.1, 0.15) is 5.82 Å². The van der Waals surface area contributed by atoms with Crippen LogP contribution in [-0.2, 0) is 0 Å². The van der Waals surface area contributed by atoms with Crippen LogP contribution in [0.5, 0.6) is 0 Å². The summed E-state index contributed by atoms with van der Waals surface area (Å²) in [5, 5.41) is 5.55. The summed E-state index contributed by atoms with van der Waals surface area (Å²) in [6.45, 7) is 9.85. The molecule has 0 aliphatic carbocycles. The molecule has 0 bridgehead atoms. The van der Waals surface area contributed by atoms with Crippen LogP contribution in [-0.4, -0.2) is 4.98 Å². The summed E-state index contributed by atoms with van der Waals surface area (Å²) in [6.07, 6.45) is 5.83. The van der Waals surface area contributed by atoms with Gasteiger partial charge in [-0.2, -0.15) is 0 Å². The number of rotatable bonds is 5. The van der Waals surface area contributed by atoms with Gasteiger partial charge in [0, 0.05) is 22.8 Å². The summed E-state index contributed by atoms with van der Waals surface area (Å²) in [5.41, 5.74) is 14.9. The average molecular weight is 367 g/mol. The van der Waals surface area contributed by atoms with E-state index in [0.717, 1.165) is 44.7 Å². The smallest absolute Gasteiger partial charge is 0.131 e. The molecule has 0 spiro atoms.